The molecule has 0 aromatic heterocycles. The fourth-order valence-corrected chi connectivity index (χ4v) is 1.31. The second-order valence-electron chi connectivity index (χ2n) is 2.63. The van der Waals surface area contributed by atoms with Crippen molar-refractivity contribution in [2.75, 3.05) is 33.4 Å². The number of ether oxygens (including phenoxy) is 2. The van der Waals surface area contributed by atoms with Gasteiger partial charge in [0.05, 0.1) is 13.2 Å². The van der Waals surface area contributed by atoms with E-state index in [-0.39, 0.29) is 6.23 Å². The van der Waals surface area contributed by atoms with E-state index in [1.165, 1.54) is 0 Å². The van der Waals surface area contributed by atoms with Gasteiger partial charge in [-0.2, -0.15) is 0 Å². The molecular formula is C8H16NO2. The summed E-state index contributed by atoms with van der Waals surface area (Å²) in [5.41, 5.74) is 0. The molecule has 65 valence electrons. The average Bonchev–Trinajstić information content (AvgIpc) is 2.09. The maximum absolute atomic E-state index is 5.25. The number of hydrogen-bond acceptors (Lipinski definition) is 3. The van der Waals surface area contributed by atoms with Gasteiger partial charge in [-0.25, -0.2) is 0 Å². The maximum Gasteiger partial charge on any atom is 0.110 e. The van der Waals surface area contributed by atoms with Crippen LogP contribution in [0.4, 0.5) is 0 Å². The number of rotatable bonds is 3. The summed E-state index contributed by atoms with van der Waals surface area (Å²) in [6.45, 7) is 7.40. The zero-order chi connectivity index (χ0) is 8.10. The van der Waals surface area contributed by atoms with Crippen LogP contribution >= 0.6 is 0 Å². The smallest absolute Gasteiger partial charge is 0.110 e. The molecule has 1 fully saturated rings. The third kappa shape index (κ3) is 2.43. The van der Waals surface area contributed by atoms with Crippen molar-refractivity contribution in [2.45, 2.75) is 12.6 Å². The van der Waals surface area contributed by atoms with E-state index in [0.717, 1.165) is 32.7 Å². The van der Waals surface area contributed by atoms with Gasteiger partial charge in [0.2, 0.25) is 0 Å². The molecule has 1 atom stereocenters. The van der Waals surface area contributed by atoms with Gasteiger partial charge >= 0.3 is 0 Å². The minimum atomic E-state index is 0.180. The lowest BCUT2D eigenvalue weighted by molar-refractivity contribution is -0.0768. The predicted molar refractivity (Wildman–Crippen MR) is 43.2 cm³/mol. The maximum atomic E-state index is 5.25. The van der Waals surface area contributed by atoms with Crippen molar-refractivity contribution in [1.82, 2.24) is 4.90 Å². The van der Waals surface area contributed by atoms with Crippen molar-refractivity contribution in [3.63, 3.8) is 0 Å². The first kappa shape index (κ1) is 8.97. The molecule has 3 heteroatoms. The van der Waals surface area contributed by atoms with Crippen molar-refractivity contribution < 1.29 is 9.47 Å². The zero-order valence-corrected chi connectivity index (χ0v) is 7.08. The largest absolute Gasteiger partial charge is 0.379 e. The normalized spacial score (nSPS) is 23.5. The first-order valence-corrected chi connectivity index (χ1v) is 4.02. The highest BCUT2D eigenvalue weighted by atomic mass is 16.5. The second-order valence-corrected chi connectivity index (χ2v) is 2.63. The van der Waals surface area contributed by atoms with Crippen LogP contribution < -0.4 is 0 Å². The molecule has 1 radical (unpaired) electrons. The summed E-state index contributed by atoms with van der Waals surface area (Å²) in [5.74, 6) is 0. The molecule has 1 rings (SSSR count). The topological polar surface area (TPSA) is 21.7 Å². The number of nitrogens with zero attached hydrogens (tertiary/aromatic N) is 1. The summed E-state index contributed by atoms with van der Waals surface area (Å²) in [5, 5.41) is 0. The van der Waals surface area contributed by atoms with Gasteiger partial charge in [0.25, 0.3) is 0 Å². The second kappa shape index (κ2) is 4.70. The average molecular weight is 158 g/mol. The molecule has 11 heavy (non-hydrogen) atoms. The summed E-state index contributed by atoms with van der Waals surface area (Å²) in [7, 11) is 1.73. The van der Waals surface area contributed by atoms with Crippen LogP contribution in [-0.2, 0) is 9.47 Å². The fraction of sp³-hybridized carbons (Fsp3) is 0.875. The van der Waals surface area contributed by atoms with Gasteiger partial charge in [0.1, 0.15) is 6.23 Å². The predicted octanol–water partition coefficient (Wildman–Crippen LogP) is 0.515. The Balaban J connectivity index is 2.30. The Kier molecular flexibility index (Phi) is 3.83. The van der Waals surface area contributed by atoms with Crippen LogP contribution in [0.5, 0.6) is 0 Å². The molecule has 0 bridgehead atoms. The van der Waals surface area contributed by atoms with Gasteiger partial charge < -0.3 is 9.47 Å². The molecule has 0 amide bonds. The third-order valence-corrected chi connectivity index (χ3v) is 1.97. The molecule has 3 nitrogen and oxygen atoms in total. The van der Waals surface area contributed by atoms with E-state index in [1.54, 1.807) is 7.11 Å². The summed E-state index contributed by atoms with van der Waals surface area (Å²) in [6.07, 6.45) is 0.982. The summed E-state index contributed by atoms with van der Waals surface area (Å²) < 4.78 is 10.5. The summed E-state index contributed by atoms with van der Waals surface area (Å²) in [4.78, 5) is 2.26. The molecule has 0 aromatic carbocycles. The van der Waals surface area contributed by atoms with Gasteiger partial charge in [0.15, 0.2) is 0 Å². The SMILES string of the molecule is [CH2]CC(OC)N1CCOCC1. The van der Waals surface area contributed by atoms with Gasteiger partial charge in [0, 0.05) is 20.2 Å². The van der Waals surface area contributed by atoms with E-state index in [2.05, 4.69) is 11.8 Å². The van der Waals surface area contributed by atoms with Crippen LogP contribution in [0.3, 0.4) is 0 Å². The van der Waals surface area contributed by atoms with E-state index >= 15 is 0 Å². The lowest BCUT2D eigenvalue weighted by atomic mass is 10.3. The van der Waals surface area contributed by atoms with Crippen LogP contribution in [0.25, 0.3) is 0 Å². The van der Waals surface area contributed by atoms with E-state index in [4.69, 9.17) is 9.47 Å². The standard InChI is InChI=1S/C8H16NO2/c1-3-8(10-2)9-4-6-11-7-5-9/h8H,1,3-7H2,2H3. The molecular weight excluding hydrogens is 142 g/mol. The lowest BCUT2D eigenvalue weighted by Crippen LogP contribution is -2.44. The zero-order valence-electron chi connectivity index (χ0n) is 7.08. The van der Waals surface area contributed by atoms with Gasteiger partial charge in [-0.15, -0.1) is 0 Å². The van der Waals surface area contributed by atoms with Crippen LogP contribution in [-0.4, -0.2) is 44.5 Å². The molecule has 1 heterocycles. The van der Waals surface area contributed by atoms with Gasteiger partial charge in [-0.1, -0.05) is 0 Å². The summed E-state index contributed by atoms with van der Waals surface area (Å²) >= 11 is 0. The highest BCUT2D eigenvalue weighted by molar-refractivity contribution is 4.66. The van der Waals surface area contributed by atoms with Crippen molar-refractivity contribution >= 4 is 0 Å². The van der Waals surface area contributed by atoms with E-state index in [1.807, 2.05) is 0 Å². The molecule has 1 aliphatic rings. The first-order valence-electron chi connectivity index (χ1n) is 4.02. The van der Waals surface area contributed by atoms with Crippen LogP contribution in [0.15, 0.2) is 0 Å². The highest BCUT2D eigenvalue weighted by Crippen LogP contribution is 2.06. The number of morpholine rings is 1. The minimum Gasteiger partial charge on any atom is -0.379 e. The Labute approximate surface area is 68.3 Å². The van der Waals surface area contributed by atoms with Crippen molar-refractivity contribution in [1.29, 1.82) is 0 Å². The third-order valence-electron chi connectivity index (χ3n) is 1.97. The Bertz CT molecular complexity index is 98.3. The van der Waals surface area contributed by atoms with Crippen LogP contribution in [0, 0.1) is 6.92 Å². The van der Waals surface area contributed by atoms with Crippen molar-refractivity contribution in [3.8, 4) is 0 Å². The molecule has 0 aromatic rings. The monoisotopic (exact) mass is 158 g/mol. The number of methoxy groups -OCH3 is 1. The molecule has 0 aliphatic carbocycles. The van der Waals surface area contributed by atoms with E-state index < -0.39 is 0 Å². The molecule has 0 spiro atoms. The Morgan fingerprint density at radius 3 is 2.64 bits per heavy atom. The van der Waals surface area contributed by atoms with Crippen molar-refractivity contribution in [2.24, 2.45) is 0 Å². The van der Waals surface area contributed by atoms with Gasteiger partial charge in [-0.05, 0) is 13.3 Å². The quantitative estimate of drug-likeness (QED) is 0.597. The van der Waals surface area contributed by atoms with Gasteiger partial charge in [-0.3, -0.25) is 4.90 Å². The molecule has 1 unspecified atom stereocenters. The van der Waals surface area contributed by atoms with Crippen LogP contribution in [0.1, 0.15) is 6.42 Å². The number of hydrogen-bond donors (Lipinski definition) is 0. The highest BCUT2D eigenvalue weighted by Gasteiger charge is 2.17. The first-order chi connectivity index (χ1) is 5.38. The van der Waals surface area contributed by atoms with Crippen molar-refractivity contribution in [3.05, 3.63) is 6.92 Å². The molecule has 0 N–H and O–H groups in total. The Hall–Kier alpha value is -0.120. The lowest BCUT2D eigenvalue weighted by Gasteiger charge is -2.32. The molecule has 0 saturated carbocycles. The minimum absolute atomic E-state index is 0.180. The molecule has 1 aliphatic heterocycles. The molecule has 1 saturated heterocycles. The van der Waals surface area contributed by atoms with Crippen LogP contribution in [0.2, 0.25) is 0 Å². The Morgan fingerprint density at radius 2 is 2.18 bits per heavy atom. The fourth-order valence-electron chi connectivity index (χ4n) is 1.31. The summed E-state index contributed by atoms with van der Waals surface area (Å²) in [6, 6.07) is 0. The Morgan fingerprint density at radius 1 is 1.55 bits per heavy atom. The van der Waals surface area contributed by atoms with E-state index in [9.17, 15) is 0 Å². The van der Waals surface area contributed by atoms with E-state index in [0.29, 0.717) is 0 Å².